The molecule has 0 spiro atoms. The van der Waals surface area contributed by atoms with Crippen LogP contribution in [0.5, 0.6) is 0 Å². The molecule has 0 aromatic heterocycles. The molecule has 0 bridgehead atoms. The van der Waals surface area contributed by atoms with Crippen molar-refractivity contribution in [2.45, 2.75) is 47.1 Å². The van der Waals surface area contributed by atoms with E-state index in [0.717, 1.165) is 35.2 Å². The van der Waals surface area contributed by atoms with E-state index in [4.69, 9.17) is 9.68 Å². The number of likely N-dealkylation sites (N-methyl/N-ethyl adjacent to an activating group) is 1. The van der Waals surface area contributed by atoms with Crippen molar-refractivity contribution in [3.05, 3.63) is 70.3 Å². The van der Waals surface area contributed by atoms with Crippen molar-refractivity contribution in [2.75, 3.05) is 14.2 Å². The molecular weight excluding hydrogens is 390 g/mol. The molecule has 0 aliphatic heterocycles. The van der Waals surface area contributed by atoms with Gasteiger partial charge in [0.15, 0.2) is 5.71 Å². The standard InChI is InChI=1S/C25H33N3O3/c1-7-19-11-9-12-20(15-19)23(14-17(2)3)27-31-16-22-18(4)10-8-13-21(22)24(28-30-6)25(29)26-5/h8-13,15,17H,7,14,16H2,1-6H3,(H,26,29)/b27-23+,28-24+. The summed E-state index contributed by atoms with van der Waals surface area (Å²) in [6.07, 6.45) is 1.78. The summed E-state index contributed by atoms with van der Waals surface area (Å²) >= 11 is 0. The van der Waals surface area contributed by atoms with Crippen LogP contribution in [0.4, 0.5) is 0 Å². The molecule has 0 saturated heterocycles. The Hall–Kier alpha value is -3.15. The predicted molar refractivity (Wildman–Crippen MR) is 125 cm³/mol. The lowest BCUT2D eigenvalue weighted by Gasteiger charge is -2.14. The summed E-state index contributed by atoms with van der Waals surface area (Å²) in [5.74, 6) is 0.115. The highest BCUT2D eigenvalue weighted by Crippen LogP contribution is 2.19. The number of carbonyl (C=O) groups is 1. The maximum absolute atomic E-state index is 12.3. The topological polar surface area (TPSA) is 72.3 Å². The van der Waals surface area contributed by atoms with Crippen molar-refractivity contribution in [1.29, 1.82) is 0 Å². The number of nitrogens with zero attached hydrogens (tertiary/aromatic N) is 2. The minimum Gasteiger partial charge on any atom is -0.398 e. The van der Waals surface area contributed by atoms with Gasteiger partial charge in [-0.3, -0.25) is 4.79 Å². The van der Waals surface area contributed by atoms with Gasteiger partial charge in [0.2, 0.25) is 0 Å². The van der Waals surface area contributed by atoms with Crippen LogP contribution >= 0.6 is 0 Å². The zero-order valence-electron chi connectivity index (χ0n) is 19.4. The van der Waals surface area contributed by atoms with E-state index >= 15 is 0 Å². The van der Waals surface area contributed by atoms with Crippen LogP contribution in [0.15, 0.2) is 52.8 Å². The van der Waals surface area contributed by atoms with E-state index in [1.54, 1.807) is 7.05 Å². The fraction of sp³-hybridized carbons (Fsp3) is 0.400. The molecule has 31 heavy (non-hydrogen) atoms. The van der Waals surface area contributed by atoms with E-state index in [9.17, 15) is 4.79 Å². The van der Waals surface area contributed by atoms with Gasteiger partial charge in [-0.15, -0.1) is 0 Å². The van der Waals surface area contributed by atoms with E-state index < -0.39 is 0 Å². The second kappa shape index (κ2) is 11.9. The van der Waals surface area contributed by atoms with Gasteiger partial charge in [0, 0.05) is 18.2 Å². The van der Waals surface area contributed by atoms with E-state index in [2.05, 4.69) is 60.7 Å². The van der Waals surface area contributed by atoms with Gasteiger partial charge in [-0.25, -0.2) is 0 Å². The third-order valence-electron chi connectivity index (χ3n) is 4.94. The number of carbonyl (C=O) groups excluding carboxylic acids is 1. The maximum atomic E-state index is 12.3. The highest BCUT2D eigenvalue weighted by atomic mass is 16.6. The predicted octanol–water partition coefficient (Wildman–Crippen LogP) is 4.62. The lowest BCUT2D eigenvalue weighted by Crippen LogP contribution is -2.29. The third kappa shape index (κ3) is 6.67. The molecule has 2 aromatic rings. The fourth-order valence-corrected chi connectivity index (χ4v) is 3.28. The molecule has 0 radical (unpaired) electrons. The van der Waals surface area contributed by atoms with Crippen LogP contribution in [0.1, 0.15) is 55.0 Å². The summed E-state index contributed by atoms with van der Waals surface area (Å²) in [4.78, 5) is 23.1. The van der Waals surface area contributed by atoms with Crippen molar-refractivity contribution in [3.63, 3.8) is 0 Å². The van der Waals surface area contributed by atoms with Crippen molar-refractivity contribution in [1.82, 2.24) is 5.32 Å². The van der Waals surface area contributed by atoms with Crippen LogP contribution in [0, 0.1) is 12.8 Å². The fourth-order valence-electron chi connectivity index (χ4n) is 3.28. The second-order valence-corrected chi connectivity index (χ2v) is 7.77. The number of rotatable bonds is 10. The Kier molecular flexibility index (Phi) is 9.25. The lowest BCUT2D eigenvalue weighted by molar-refractivity contribution is -0.114. The number of oxime groups is 2. The first-order valence-electron chi connectivity index (χ1n) is 10.6. The van der Waals surface area contributed by atoms with Gasteiger partial charge in [-0.05, 0) is 48.4 Å². The molecule has 0 heterocycles. The van der Waals surface area contributed by atoms with E-state index in [-0.39, 0.29) is 18.2 Å². The van der Waals surface area contributed by atoms with Crippen molar-refractivity contribution < 1.29 is 14.5 Å². The van der Waals surface area contributed by atoms with E-state index in [1.165, 1.54) is 12.7 Å². The second-order valence-electron chi connectivity index (χ2n) is 7.77. The van der Waals surface area contributed by atoms with Crippen LogP contribution in [-0.4, -0.2) is 31.5 Å². The number of aryl methyl sites for hydroxylation is 2. The van der Waals surface area contributed by atoms with Gasteiger partial charge < -0.3 is 15.0 Å². The Labute approximate surface area is 185 Å². The smallest absolute Gasteiger partial charge is 0.273 e. The van der Waals surface area contributed by atoms with Gasteiger partial charge in [-0.1, -0.05) is 67.5 Å². The molecule has 0 atom stereocenters. The molecule has 0 aliphatic rings. The van der Waals surface area contributed by atoms with Gasteiger partial charge in [0.25, 0.3) is 5.91 Å². The summed E-state index contributed by atoms with van der Waals surface area (Å²) in [5.41, 5.74) is 5.95. The molecule has 1 N–H and O–H groups in total. The molecule has 0 fully saturated rings. The molecule has 2 aromatic carbocycles. The molecule has 1 amide bonds. The molecule has 6 nitrogen and oxygen atoms in total. The number of hydrogen-bond acceptors (Lipinski definition) is 5. The lowest BCUT2D eigenvalue weighted by atomic mass is 9.98. The normalized spacial score (nSPS) is 12.1. The first kappa shape index (κ1) is 24.1. The first-order chi connectivity index (χ1) is 14.9. The van der Waals surface area contributed by atoms with Crippen LogP contribution in [0.2, 0.25) is 0 Å². The third-order valence-corrected chi connectivity index (χ3v) is 4.94. The zero-order chi connectivity index (χ0) is 22.8. The van der Waals surface area contributed by atoms with Crippen molar-refractivity contribution in [3.8, 4) is 0 Å². The molecule has 0 saturated carbocycles. The van der Waals surface area contributed by atoms with Crippen LogP contribution in [0.3, 0.4) is 0 Å². The van der Waals surface area contributed by atoms with Crippen LogP contribution in [0.25, 0.3) is 0 Å². The van der Waals surface area contributed by atoms with Crippen molar-refractivity contribution in [2.24, 2.45) is 16.2 Å². The Balaban J connectivity index is 2.36. The Morgan fingerprint density at radius 3 is 2.52 bits per heavy atom. The molecular formula is C25H33N3O3. The van der Waals surface area contributed by atoms with Crippen LogP contribution < -0.4 is 5.32 Å². The van der Waals surface area contributed by atoms with E-state index in [0.29, 0.717) is 11.5 Å². The summed E-state index contributed by atoms with van der Waals surface area (Å²) < 4.78 is 0. The van der Waals surface area contributed by atoms with Gasteiger partial charge in [0.05, 0.1) is 5.71 Å². The number of nitrogens with one attached hydrogen (secondary N) is 1. The number of amides is 1. The SMILES string of the molecule is CCc1cccc(/C(CC(C)C)=N/OCc2c(C)cccc2/C(=N\OC)C(=O)NC)c1. The quantitative estimate of drug-likeness (QED) is 0.448. The van der Waals surface area contributed by atoms with Crippen molar-refractivity contribution >= 4 is 17.3 Å². The van der Waals surface area contributed by atoms with E-state index in [1.807, 2.05) is 25.1 Å². The summed E-state index contributed by atoms with van der Waals surface area (Å²) in [7, 11) is 2.98. The molecule has 0 unspecified atom stereocenters. The average Bonchev–Trinajstić information content (AvgIpc) is 2.77. The van der Waals surface area contributed by atoms with Gasteiger partial charge >= 0.3 is 0 Å². The van der Waals surface area contributed by atoms with Gasteiger partial charge in [-0.2, -0.15) is 0 Å². The average molecular weight is 424 g/mol. The molecule has 6 heteroatoms. The molecule has 2 rings (SSSR count). The minimum absolute atomic E-state index is 0.203. The van der Waals surface area contributed by atoms with Crippen LogP contribution in [-0.2, 0) is 27.5 Å². The highest BCUT2D eigenvalue weighted by molar-refractivity contribution is 6.45. The number of hydrogen-bond donors (Lipinski definition) is 1. The number of benzene rings is 2. The summed E-state index contributed by atoms with van der Waals surface area (Å²) in [6, 6.07) is 14.1. The Bertz CT molecular complexity index is 949. The molecule has 0 aliphatic carbocycles. The maximum Gasteiger partial charge on any atom is 0.273 e. The zero-order valence-corrected chi connectivity index (χ0v) is 19.4. The van der Waals surface area contributed by atoms with Gasteiger partial charge in [0.1, 0.15) is 13.7 Å². The Morgan fingerprint density at radius 2 is 1.87 bits per heavy atom. The minimum atomic E-state index is -0.325. The molecule has 166 valence electrons. The largest absolute Gasteiger partial charge is 0.398 e. The first-order valence-corrected chi connectivity index (χ1v) is 10.6. The highest BCUT2D eigenvalue weighted by Gasteiger charge is 2.19. The monoisotopic (exact) mass is 423 g/mol. The summed E-state index contributed by atoms with van der Waals surface area (Å²) in [6.45, 7) is 8.65. The Morgan fingerprint density at radius 1 is 1.13 bits per heavy atom. The summed E-state index contributed by atoms with van der Waals surface area (Å²) in [5, 5.41) is 11.0.